The zero-order valence-corrected chi connectivity index (χ0v) is 17.2. The van der Waals surface area contributed by atoms with Gasteiger partial charge in [-0.3, -0.25) is 20.4 Å². The zero-order chi connectivity index (χ0) is 21.9. The van der Waals surface area contributed by atoms with Crippen LogP contribution in [0.15, 0.2) is 48.5 Å². The Hall–Kier alpha value is -3.75. The molecule has 0 aliphatic rings. The van der Waals surface area contributed by atoms with Crippen LogP contribution in [0.2, 0.25) is 0 Å². The fourth-order valence-corrected chi connectivity index (χ4v) is 2.40. The van der Waals surface area contributed by atoms with E-state index in [1.807, 2.05) is 44.2 Å². The lowest BCUT2D eigenvalue weighted by Crippen LogP contribution is -2.47. The number of rotatable bonds is 8. The second-order valence-electron chi connectivity index (χ2n) is 6.56. The van der Waals surface area contributed by atoms with E-state index < -0.39 is 17.8 Å². The van der Waals surface area contributed by atoms with Crippen molar-refractivity contribution in [3.63, 3.8) is 0 Å². The third-order valence-corrected chi connectivity index (χ3v) is 3.81. The minimum atomic E-state index is -0.579. The Labute approximate surface area is 175 Å². The number of hydrogen-bond donors (Lipinski definition) is 4. The Morgan fingerprint density at radius 3 is 2.33 bits per heavy atom. The minimum absolute atomic E-state index is 0.0461. The topological polar surface area (TPSA) is 118 Å². The van der Waals surface area contributed by atoms with E-state index in [1.165, 1.54) is 13.2 Å². The number of benzene rings is 2. The summed E-state index contributed by atoms with van der Waals surface area (Å²) in [4.78, 5) is 35.8. The average molecular weight is 414 g/mol. The first-order chi connectivity index (χ1) is 14.4. The summed E-state index contributed by atoms with van der Waals surface area (Å²) in [6, 6.07) is 13.5. The molecule has 2 aromatic rings. The van der Waals surface area contributed by atoms with Crippen molar-refractivity contribution >= 4 is 17.8 Å². The monoisotopic (exact) mass is 414 g/mol. The molecule has 0 spiro atoms. The Balaban J connectivity index is 1.76. The van der Waals surface area contributed by atoms with Crippen molar-refractivity contribution in [1.82, 2.24) is 21.5 Å². The standard InChI is InChI=1S/C21H26N4O5/c1-14(2)30-17-10-9-16(11-18(17)29-3)20(27)25-24-19(26)13-23-21(28)22-12-15-7-5-4-6-8-15/h4-11,14H,12-13H2,1-3H3,(H,24,26)(H,25,27)(H2,22,23,28). The van der Waals surface area contributed by atoms with Crippen LogP contribution in [0.3, 0.4) is 0 Å². The van der Waals surface area contributed by atoms with E-state index in [-0.39, 0.29) is 18.2 Å². The number of urea groups is 1. The summed E-state index contributed by atoms with van der Waals surface area (Å²) >= 11 is 0. The summed E-state index contributed by atoms with van der Waals surface area (Å²) in [5.41, 5.74) is 5.74. The predicted octanol–water partition coefficient (Wildman–Crippen LogP) is 1.74. The van der Waals surface area contributed by atoms with Gasteiger partial charge in [0, 0.05) is 12.1 Å². The van der Waals surface area contributed by atoms with E-state index in [0.717, 1.165) is 5.56 Å². The maximum Gasteiger partial charge on any atom is 0.315 e. The average Bonchev–Trinajstić information content (AvgIpc) is 2.75. The molecule has 0 aliphatic carbocycles. The van der Waals surface area contributed by atoms with Crippen LogP contribution in [0.5, 0.6) is 11.5 Å². The quantitative estimate of drug-likeness (QED) is 0.491. The fraction of sp³-hybridized carbons (Fsp3) is 0.286. The van der Waals surface area contributed by atoms with Crippen molar-refractivity contribution in [2.24, 2.45) is 0 Å². The number of carbonyl (C=O) groups excluding carboxylic acids is 3. The first-order valence-electron chi connectivity index (χ1n) is 9.38. The molecule has 0 radical (unpaired) electrons. The van der Waals surface area contributed by atoms with Crippen LogP contribution in [-0.2, 0) is 11.3 Å². The van der Waals surface area contributed by atoms with Crippen molar-refractivity contribution in [2.75, 3.05) is 13.7 Å². The van der Waals surface area contributed by atoms with Gasteiger partial charge < -0.3 is 20.1 Å². The predicted molar refractivity (Wildman–Crippen MR) is 111 cm³/mol. The lowest BCUT2D eigenvalue weighted by Gasteiger charge is -2.14. The number of methoxy groups -OCH3 is 1. The van der Waals surface area contributed by atoms with E-state index >= 15 is 0 Å². The molecule has 0 heterocycles. The molecular formula is C21H26N4O5. The van der Waals surface area contributed by atoms with Crippen LogP contribution < -0.4 is 31.0 Å². The maximum absolute atomic E-state index is 12.2. The number of ether oxygens (including phenoxy) is 2. The number of hydrazine groups is 1. The Morgan fingerprint density at radius 2 is 1.67 bits per heavy atom. The normalized spacial score (nSPS) is 10.1. The Kier molecular flexibility index (Phi) is 8.49. The number of nitrogens with one attached hydrogen (secondary N) is 4. The highest BCUT2D eigenvalue weighted by atomic mass is 16.5. The van der Waals surface area contributed by atoms with Gasteiger partial charge in [0.1, 0.15) is 6.54 Å². The maximum atomic E-state index is 12.2. The van der Waals surface area contributed by atoms with Gasteiger partial charge in [0.25, 0.3) is 11.8 Å². The summed E-state index contributed by atoms with van der Waals surface area (Å²) in [6.45, 7) is 3.80. The van der Waals surface area contributed by atoms with Gasteiger partial charge in [-0.2, -0.15) is 0 Å². The van der Waals surface area contributed by atoms with Gasteiger partial charge in [0.15, 0.2) is 11.5 Å². The van der Waals surface area contributed by atoms with E-state index in [2.05, 4.69) is 21.5 Å². The van der Waals surface area contributed by atoms with Gasteiger partial charge >= 0.3 is 6.03 Å². The largest absolute Gasteiger partial charge is 0.493 e. The second kappa shape index (κ2) is 11.3. The molecule has 4 N–H and O–H groups in total. The molecule has 0 saturated carbocycles. The van der Waals surface area contributed by atoms with Gasteiger partial charge in [-0.05, 0) is 37.6 Å². The van der Waals surface area contributed by atoms with Gasteiger partial charge in [0.05, 0.1) is 13.2 Å². The number of carbonyl (C=O) groups is 3. The van der Waals surface area contributed by atoms with Crippen molar-refractivity contribution in [2.45, 2.75) is 26.5 Å². The van der Waals surface area contributed by atoms with E-state index in [4.69, 9.17) is 9.47 Å². The molecule has 2 aromatic carbocycles. The number of amides is 4. The minimum Gasteiger partial charge on any atom is -0.493 e. The van der Waals surface area contributed by atoms with Crippen LogP contribution in [0.25, 0.3) is 0 Å². The van der Waals surface area contributed by atoms with E-state index in [0.29, 0.717) is 18.0 Å². The Bertz CT molecular complexity index is 871. The third-order valence-electron chi connectivity index (χ3n) is 3.81. The van der Waals surface area contributed by atoms with Crippen molar-refractivity contribution in [3.8, 4) is 11.5 Å². The zero-order valence-electron chi connectivity index (χ0n) is 17.2. The molecule has 2 rings (SSSR count). The summed E-state index contributed by atoms with van der Waals surface area (Å²) < 4.78 is 10.8. The molecule has 160 valence electrons. The lowest BCUT2D eigenvalue weighted by molar-refractivity contribution is -0.120. The number of hydrogen-bond acceptors (Lipinski definition) is 5. The van der Waals surface area contributed by atoms with Crippen LogP contribution in [-0.4, -0.2) is 37.6 Å². The summed E-state index contributed by atoms with van der Waals surface area (Å²) in [5.74, 6) is -0.200. The van der Waals surface area contributed by atoms with Crippen molar-refractivity contribution in [1.29, 1.82) is 0 Å². The lowest BCUT2D eigenvalue weighted by atomic mass is 10.2. The SMILES string of the molecule is COc1cc(C(=O)NNC(=O)CNC(=O)NCc2ccccc2)ccc1OC(C)C. The first kappa shape index (κ1) is 22.5. The smallest absolute Gasteiger partial charge is 0.315 e. The summed E-state index contributed by atoms with van der Waals surface area (Å²) in [7, 11) is 1.47. The molecule has 0 fully saturated rings. The molecule has 9 nitrogen and oxygen atoms in total. The third kappa shape index (κ3) is 7.34. The first-order valence-corrected chi connectivity index (χ1v) is 9.38. The molecule has 4 amide bonds. The van der Waals surface area contributed by atoms with Gasteiger partial charge in [-0.1, -0.05) is 30.3 Å². The summed E-state index contributed by atoms with van der Waals surface area (Å²) in [6.07, 6.45) is -0.0461. The van der Waals surface area contributed by atoms with E-state index in [9.17, 15) is 14.4 Å². The molecule has 0 bridgehead atoms. The summed E-state index contributed by atoms with van der Waals surface area (Å²) in [5, 5.41) is 5.04. The highest BCUT2D eigenvalue weighted by Crippen LogP contribution is 2.28. The molecule has 0 unspecified atom stereocenters. The molecule has 0 atom stereocenters. The van der Waals surface area contributed by atoms with Crippen LogP contribution in [0, 0.1) is 0 Å². The van der Waals surface area contributed by atoms with Gasteiger partial charge in [-0.25, -0.2) is 4.79 Å². The van der Waals surface area contributed by atoms with Gasteiger partial charge in [-0.15, -0.1) is 0 Å². The van der Waals surface area contributed by atoms with Gasteiger partial charge in [0.2, 0.25) is 0 Å². The molecule has 0 aromatic heterocycles. The molecule has 0 saturated heterocycles. The van der Waals surface area contributed by atoms with Crippen LogP contribution in [0.1, 0.15) is 29.8 Å². The van der Waals surface area contributed by atoms with Crippen molar-refractivity contribution in [3.05, 3.63) is 59.7 Å². The van der Waals surface area contributed by atoms with Crippen molar-refractivity contribution < 1.29 is 23.9 Å². The molecule has 30 heavy (non-hydrogen) atoms. The fourth-order valence-electron chi connectivity index (χ4n) is 2.40. The molecular weight excluding hydrogens is 388 g/mol. The highest BCUT2D eigenvalue weighted by Gasteiger charge is 2.13. The Morgan fingerprint density at radius 1 is 0.933 bits per heavy atom. The van der Waals surface area contributed by atoms with Crippen LogP contribution in [0.4, 0.5) is 4.79 Å². The van der Waals surface area contributed by atoms with Crippen LogP contribution >= 0.6 is 0 Å². The highest BCUT2D eigenvalue weighted by molar-refractivity contribution is 5.96. The molecule has 0 aliphatic heterocycles. The van der Waals surface area contributed by atoms with E-state index in [1.54, 1.807) is 12.1 Å². The molecule has 9 heteroatoms. The second-order valence-corrected chi connectivity index (χ2v) is 6.56.